The van der Waals surface area contributed by atoms with Crippen molar-refractivity contribution in [3.63, 3.8) is 0 Å². The molecule has 0 heterocycles. The summed E-state index contributed by atoms with van der Waals surface area (Å²) >= 11 is 0. The maximum absolute atomic E-state index is 12.5. The molecule has 148 valence electrons. The van der Waals surface area contributed by atoms with Crippen molar-refractivity contribution in [1.82, 2.24) is 0 Å². The quantitative estimate of drug-likeness (QED) is 0.179. The molecule has 1 aliphatic rings. The highest BCUT2D eigenvalue weighted by Crippen LogP contribution is 2.27. The fourth-order valence-electron chi connectivity index (χ4n) is 2.58. The molecule has 0 saturated carbocycles. The Morgan fingerprint density at radius 2 is 1.41 bits per heavy atom. The molecule has 1 aliphatic carbocycles. The van der Waals surface area contributed by atoms with Crippen LogP contribution in [0.5, 0.6) is 0 Å². The van der Waals surface area contributed by atoms with Gasteiger partial charge in [-0.1, -0.05) is 27.9 Å². The molecule has 0 radical (unpaired) electrons. The zero-order valence-electron chi connectivity index (χ0n) is 16.0. The molecule has 0 amide bonds. The molecule has 1 aromatic carbocycles. The van der Waals surface area contributed by atoms with Crippen LogP contribution in [0.2, 0.25) is 0 Å². The number of hydrogen-bond acceptors (Lipinski definition) is 5. The van der Waals surface area contributed by atoms with Crippen molar-refractivity contribution in [2.45, 2.75) is 32.6 Å². The van der Waals surface area contributed by atoms with Crippen LogP contribution in [0.4, 0.5) is 0 Å². The Balaban J connectivity index is 2.63. The number of azide groups is 2. The number of carbonyl (C=O) groups is 1. The van der Waals surface area contributed by atoms with Crippen LogP contribution in [0, 0.1) is 6.92 Å². The summed E-state index contributed by atoms with van der Waals surface area (Å²) in [5.41, 5.74) is 18.3. The minimum Gasteiger partial charge on any atom is -0.289 e. The van der Waals surface area contributed by atoms with Crippen LogP contribution < -0.4 is 0 Å². The van der Waals surface area contributed by atoms with Gasteiger partial charge in [-0.2, -0.15) is 8.42 Å². The van der Waals surface area contributed by atoms with Crippen LogP contribution in [-0.4, -0.2) is 25.7 Å². The van der Waals surface area contributed by atoms with Gasteiger partial charge in [0, 0.05) is 9.82 Å². The smallest absolute Gasteiger partial charge is 0.283 e. The van der Waals surface area contributed by atoms with E-state index in [1.165, 1.54) is 32.9 Å². The molecule has 0 aliphatic heterocycles. The van der Waals surface area contributed by atoms with E-state index in [2.05, 4.69) is 29.4 Å². The zero-order valence-corrected chi connectivity index (χ0v) is 16.8. The maximum atomic E-state index is 12.5. The topological polar surface area (TPSA) is 173 Å². The van der Waals surface area contributed by atoms with Crippen molar-refractivity contribution < 1.29 is 13.2 Å². The Labute approximate surface area is 166 Å². The van der Waals surface area contributed by atoms with Gasteiger partial charge in [0.1, 0.15) is 5.84 Å². The zero-order chi connectivity index (χ0) is 21.8. The number of carbonyl (C=O) groups excluding carboxylic acids is 1. The predicted molar refractivity (Wildman–Crippen MR) is 108 cm³/mol. The minimum atomic E-state index is -4.00. The van der Waals surface area contributed by atoms with E-state index < -0.39 is 15.8 Å². The lowest BCUT2D eigenvalue weighted by molar-refractivity contribution is -0.112. The number of aliphatic imine (C=N–C) groups is 1. The number of rotatable bonds is 4. The van der Waals surface area contributed by atoms with Gasteiger partial charge >= 0.3 is 0 Å². The lowest BCUT2D eigenvalue weighted by Crippen LogP contribution is -2.21. The second kappa shape index (κ2) is 8.53. The molecular formula is C17H16N8O3S. The number of amidine groups is 1. The van der Waals surface area contributed by atoms with E-state index in [1.807, 2.05) is 6.92 Å². The van der Waals surface area contributed by atoms with Crippen molar-refractivity contribution in [3.05, 3.63) is 73.3 Å². The molecule has 2 rings (SSSR count). The molecule has 1 aromatic rings. The summed E-state index contributed by atoms with van der Waals surface area (Å²) in [6.07, 6.45) is 0. The fraction of sp³-hybridized carbons (Fsp3) is 0.235. The van der Waals surface area contributed by atoms with Crippen molar-refractivity contribution in [3.8, 4) is 0 Å². The standard InChI is InChI=1S/C17H16N8O3S/c1-9-5-7-13(8-6-9)29(27,28)23-12(4)20-14-10(2)15(21-24-18)17(26)16(11(14)3)22-25-19/h5-8H,1-4H3. The SMILES string of the molecule is CC(=NS(=O)(=O)c1ccc(C)cc1)N=C1C(C)=C(N=[N+]=[N-])C(=O)C(N=[N+]=[N-])=C1C. The normalized spacial score (nSPS) is 15.1. The second-order valence-electron chi connectivity index (χ2n) is 6.04. The summed E-state index contributed by atoms with van der Waals surface area (Å²) < 4.78 is 28.6. The molecule has 0 aromatic heterocycles. The minimum absolute atomic E-state index is 0.00513. The number of nitrogens with zero attached hydrogens (tertiary/aromatic N) is 8. The Kier molecular flexibility index (Phi) is 6.35. The Bertz CT molecular complexity index is 1160. The number of allylic oxidation sites excluding steroid dienone is 2. The first-order valence-electron chi connectivity index (χ1n) is 8.16. The van der Waals surface area contributed by atoms with E-state index in [9.17, 15) is 13.2 Å². The highest BCUT2D eigenvalue weighted by atomic mass is 32.2. The predicted octanol–water partition coefficient (Wildman–Crippen LogP) is 4.29. The number of Topliss-reactive ketones (excluding diaryl/α,β-unsaturated/α-hetero) is 1. The van der Waals surface area contributed by atoms with Gasteiger partial charge in [0.2, 0.25) is 0 Å². The molecule has 0 fully saturated rings. The van der Waals surface area contributed by atoms with E-state index in [0.29, 0.717) is 0 Å². The van der Waals surface area contributed by atoms with Crippen molar-refractivity contribution in [2.24, 2.45) is 19.6 Å². The number of ketones is 1. The van der Waals surface area contributed by atoms with E-state index >= 15 is 0 Å². The van der Waals surface area contributed by atoms with E-state index in [1.54, 1.807) is 12.1 Å². The van der Waals surface area contributed by atoms with Crippen LogP contribution >= 0.6 is 0 Å². The largest absolute Gasteiger partial charge is 0.289 e. The van der Waals surface area contributed by atoms with Gasteiger partial charge in [0.25, 0.3) is 10.0 Å². The first-order chi connectivity index (χ1) is 13.6. The Morgan fingerprint density at radius 1 is 0.931 bits per heavy atom. The highest BCUT2D eigenvalue weighted by Gasteiger charge is 2.28. The first-order valence-corrected chi connectivity index (χ1v) is 9.60. The van der Waals surface area contributed by atoms with Crippen molar-refractivity contribution in [1.29, 1.82) is 0 Å². The molecule has 11 nitrogen and oxygen atoms in total. The van der Waals surface area contributed by atoms with Gasteiger partial charge < -0.3 is 0 Å². The molecule has 0 atom stereocenters. The molecule has 0 bridgehead atoms. The third-order valence-corrected chi connectivity index (χ3v) is 5.36. The fourth-order valence-corrected chi connectivity index (χ4v) is 3.55. The molecule has 0 spiro atoms. The van der Waals surface area contributed by atoms with Gasteiger partial charge in [-0.3, -0.25) is 4.79 Å². The summed E-state index contributed by atoms with van der Waals surface area (Å²) in [6.45, 7) is 6.17. The average molecular weight is 412 g/mol. The summed E-state index contributed by atoms with van der Waals surface area (Å²) in [7, 11) is -4.00. The van der Waals surface area contributed by atoms with Gasteiger partial charge in [-0.25, -0.2) is 4.99 Å². The lowest BCUT2D eigenvalue weighted by atomic mass is 9.92. The average Bonchev–Trinajstić information content (AvgIpc) is 2.66. The third kappa shape index (κ3) is 4.58. The summed E-state index contributed by atoms with van der Waals surface area (Å²) in [5, 5.41) is 6.71. The first kappa shape index (κ1) is 21.6. The Hall–Kier alpha value is -3.72. The molecule has 29 heavy (non-hydrogen) atoms. The summed E-state index contributed by atoms with van der Waals surface area (Å²) in [4.78, 5) is 21.8. The third-order valence-electron chi connectivity index (χ3n) is 3.99. The Morgan fingerprint density at radius 3 is 1.86 bits per heavy atom. The van der Waals surface area contributed by atoms with E-state index in [4.69, 9.17) is 11.1 Å². The molecule has 0 saturated heterocycles. The van der Waals surface area contributed by atoms with Gasteiger partial charge in [0.15, 0.2) is 5.78 Å². The van der Waals surface area contributed by atoms with E-state index in [-0.39, 0.29) is 39.0 Å². The van der Waals surface area contributed by atoms with E-state index in [0.717, 1.165) is 5.56 Å². The van der Waals surface area contributed by atoms with Gasteiger partial charge in [0.05, 0.1) is 22.0 Å². The second-order valence-corrected chi connectivity index (χ2v) is 7.65. The molecule has 12 heteroatoms. The van der Waals surface area contributed by atoms with Crippen molar-refractivity contribution in [2.75, 3.05) is 0 Å². The number of hydrogen-bond donors (Lipinski definition) is 0. The monoisotopic (exact) mass is 412 g/mol. The molecule has 0 unspecified atom stereocenters. The van der Waals surface area contributed by atoms with Crippen LogP contribution in [0.15, 0.2) is 71.3 Å². The van der Waals surface area contributed by atoms with Crippen LogP contribution in [0.3, 0.4) is 0 Å². The highest BCUT2D eigenvalue weighted by molar-refractivity contribution is 7.90. The number of sulfonamides is 1. The van der Waals surface area contributed by atoms with Gasteiger partial charge in [-0.15, -0.1) is 4.40 Å². The van der Waals surface area contributed by atoms with Gasteiger partial charge in [-0.05, 0) is 62.0 Å². The lowest BCUT2D eigenvalue weighted by Gasteiger charge is -2.18. The number of aryl methyl sites for hydroxylation is 1. The number of benzene rings is 1. The van der Waals surface area contributed by atoms with Crippen molar-refractivity contribution >= 4 is 27.4 Å². The molecule has 0 N–H and O–H groups in total. The summed E-state index contributed by atoms with van der Waals surface area (Å²) in [5.74, 6) is -0.856. The van der Waals surface area contributed by atoms with Crippen LogP contribution in [0.1, 0.15) is 26.3 Å². The molecular weight excluding hydrogens is 396 g/mol. The summed E-state index contributed by atoms with van der Waals surface area (Å²) in [6, 6.07) is 6.16. The maximum Gasteiger partial charge on any atom is 0.283 e. The van der Waals surface area contributed by atoms with Crippen LogP contribution in [0.25, 0.3) is 20.9 Å². The van der Waals surface area contributed by atoms with Crippen LogP contribution in [-0.2, 0) is 14.8 Å².